The zero-order chi connectivity index (χ0) is 24.3. The van der Waals surface area contributed by atoms with E-state index in [0.717, 1.165) is 24.3 Å². The fourth-order valence-corrected chi connectivity index (χ4v) is 3.42. The third-order valence-corrected chi connectivity index (χ3v) is 5.32. The summed E-state index contributed by atoms with van der Waals surface area (Å²) in [6, 6.07) is 19.7. The number of benzene rings is 2. The second-order valence-corrected chi connectivity index (χ2v) is 7.62. The van der Waals surface area contributed by atoms with Gasteiger partial charge in [-0.05, 0) is 61.9 Å². The van der Waals surface area contributed by atoms with Crippen LogP contribution in [0.1, 0.15) is 35.5 Å². The van der Waals surface area contributed by atoms with Crippen molar-refractivity contribution in [2.45, 2.75) is 13.8 Å². The standard InChI is InChI=1S/C26H26ClN5O2/c1-3-32(4-2)21-14-12-19(13-15-21)17-24(30-25(33)22-10-5-6-11-23(22)27)26(34)31-29-18-20-9-7-8-16-28-20/h5-18H,3-4H2,1-2H3,(H,30,33)(H,31,34)/b24-17+,29-18+. The smallest absolute Gasteiger partial charge is 0.287 e. The van der Waals surface area contributed by atoms with Gasteiger partial charge in [-0.15, -0.1) is 0 Å². The molecule has 0 unspecified atom stereocenters. The lowest BCUT2D eigenvalue weighted by molar-refractivity contribution is -0.117. The number of carbonyl (C=O) groups is 2. The molecule has 0 aliphatic carbocycles. The largest absolute Gasteiger partial charge is 0.372 e. The molecule has 0 aliphatic rings. The molecule has 0 radical (unpaired) electrons. The summed E-state index contributed by atoms with van der Waals surface area (Å²) in [7, 11) is 0. The third kappa shape index (κ3) is 6.76. The van der Waals surface area contributed by atoms with Crippen molar-refractivity contribution in [2.75, 3.05) is 18.0 Å². The van der Waals surface area contributed by atoms with E-state index < -0.39 is 11.8 Å². The normalized spacial score (nSPS) is 11.3. The van der Waals surface area contributed by atoms with Crippen LogP contribution in [0.5, 0.6) is 0 Å². The molecule has 0 saturated heterocycles. The van der Waals surface area contributed by atoms with Crippen LogP contribution in [0, 0.1) is 0 Å². The molecule has 7 nitrogen and oxygen atoms in total. The predicted molar refractivity (Wildman–Crippen MR) is 137 cm³/mol. The number of aromatic nitrogens is 1. The van der Waals surface area contributed by atoms with Crippen molar-refractivity contribution < 1.29 is 9.59 Å². The molecule has 0 bridgehead atoms. The van der Waals surface area contributed by atoms with Crippen molar-refractivity contribution in [2.24, 2.45) is 5.10 Å². The van der Waals surface area contributed by atoms with Gasteiger partial charge in [-0.25, -0.2) is 5.43 Å². The number of pyridine rings is 1. The number of hydrogen-bond donors (Lipinski definition) is 2. The molecule has 0 atom stereocenters. The van der Waals surface area contributed by atoms with Crippen LogP contribution in [0.4, 0.5) is 5.69 Å². The summed E-state index contributed by atoms with van der Waals surface area (Å²) in [6.07, 6.45) is 4.64. The van der Waals surface area contributed by atoms with Crippen LogP contribution in [0.15, 0.2) is 83.7 Å². The molecule has 3 rings (SSSR count). The van der Waals surface area contributed by atoms with Crippen molar-refractivity contribution in [3.63, 3.8) is 0 Å². The van der Waals surface area contributed by atoms with Crippen molar-refractivity contribution >= 4 is 41.4 Å². The van der Waals surface area contributed by atoms with Crippen LogP contribution in [-0.2, 0) is 4.79 Å². The molecular weight excluding hydrogens is 450 g/mol. The van der Waals surface area contributed by atoms with Crippen LogP contribution in [0.25, 0.3) is 6.08 Å². The minimum absolute atomic E-state index is 0.0266. The van der Waals surface area contributed by atoms with Crippen LogP contribution >= 0.6 is 11.6 Å². The zero-order valence-electron chi connectivity index (χ0n) is 19.0. The summed E-state index contributed by atoms with van der Waals surface area (Å²) < 4.78 is 0. The predicted octanol–water partition coefficient (Wildman–Crippen LogP) is 4.50. The summed E-state index contributed by atoms with van der Waals surface area (Å²) in [5.74, 6) is -1.08. The summed E-state index contributed by atoms with van der Waals surface area (Å²) in [6.45, 7) is 5.97. The Morgan fingerprint density at radius 2 is 1.71 bits per heavy atom. The first-order valence-corrected chi connectivity index (χ1v) is 11.3. The molecule has 1 aromatic heterocycles. The minimum atomic E-state index is -0.583. The molecule has 0 spiro atoms. The molecular formula is C26H26ClN5O2. The number of nitrogens with one attached hydrogen (secondary N) is 2. The zero-order valence-corrected chi connectivity index (χ0v) is 19.8. The van der Waals surface area contributed by atoms with Crippen LogP contribution < -0.4 is 15.6 Å². The number of rotatable bonds is 9. The molecule has 3 aromatic rings. The Morgan fingerprint density at radius 3 is 2.35 bits per heavy atom. The number of nitrogens with zero attached hydrogens (tertiary/aromatic N) is 3. The molecule has 2 N–H and O–H groups in total. The van der Waals surface area contributed by atoms with Gasteiger partial charge >= 0.3 is 0 Å². The molecule has 8 heteroatoms. The highest BCUT2D eigenvalue weighted by Gasteiger charge is 2.16. The van der Waals surface area contributed by atoms with Gasteiger partial charge in [-0.2, -0.15) is 5.10 Å². The maximum Gasteiger partial charge on any atom is 0.287 e. The first-order chi connectivity index (χ1) is 16.5. The molecule has 0 saturated carbocycles. The van der Waals surface area contributed by atoms with Gasteiger partial charge in [0.2, 0.25) is 0 Å². The Hall–Kier alpha value is -3.97. The van der Waals surface area contributed by atoms with E-state index in [1.807, 2.05) is 30.3 Å². The highest BCUT2D eigenvalue weighted by Crippen LogP contribution is 2.18. The lowest BCUT2D eigenvalue weighted by Gasteiger charge is -2.21. The van der Waals surface area contributed by atoms with Gasteiger partial charge in [-0.1, -0.05) is 41.9 Å². The molecule has 2 aromatic carbocycles. The van der Waals surface area contributed by atoms with Crippen LogP contribution in [0.3, 0.4) is 0 Å². The van der Waals surface area contributed by atoms with Gasteiger partial charge in [0.05, 0.1) is 22.5 Å². The average Bonchev–Trinajstić information content (AvgIpc) is 2.86. The van der Waals surface area contributed by atoms with Crippen LogP contribution in [0.2, 0.25) is 5.02 Å². The monoisotopic (exact) mass is 475 g/mol. The maximum absolute atomic E-state index is 12.9. The molecule has 34 heavy (non-hydrogen) atoms. The average molecular weight is 476 g/mol. The number of halogens is 1. The van der Waals surface area contributed by atoms with Crippen molar-refractivity contribution in [3.05, 3.63) is 100 Å². The Labute approximate surface area is 204 Å². The lowest BCUT2D eigenvalue weighted by Crippen LogP contribution is -2.33. The minimum Gasteiger partial charge on any atom is -0.372 e. The molecule has 0 fully saturated rings. The van der Waals surface area contributed by atoms with E-state index in [1.165, 1.54) is 6.21 Å². The van der Waals surface area contributed by atoms with Gasteiger partial charge in [-0.3, -0.25) is 14.6 Å². The Balaban J connectivity index is 1.84. The van der Waals surface area contributed by atoms with Gasteiger partial charge < -0.3 is 10.2 Å². The maximum atomic E-state index is 12.9. The summed E-state index contributed by atoms with van der Waals surface area (Å²) in [5.41, 5.74) is 5.13. The van der Waals surface area contributed by atoms with Crippen LogP contribution in [-0.4, -0.2) is 36.1 Å². The number of hydrogen-bond acceptors (Lipinski definition) is 5. The van der Waals surface area contributed by atoms with E-state index in [-0.39, 0.29) is 16.3 Å². The van der Waals surface area contributed by atoms with Gasteiger partial charge in [0.15, 0.2) is 0 Å². The highest BCUT2D eigenvalue weighted by atomic mass is 35.5. The number of hydrazone groups is 1. The first-order valence-electron chi connectivity index (χ1n) is 10.9. The van der Waals surface area contributed by atoms with E-state index in [9.17, 15) is 9.59 Å². The topological polar surface area (TPSA) is 86.7 Å². The summed E-state index contributed by atoms with van der Waals surface area (Å²) in [4.78, 5) is 32.0. The van der Waals surface area contributed by atoms with Gasteiger partial charge in [0, 0.05) is 25.0 Å². The Kier molecular flexibility index (Phi) is 8.94. The summed E-state index contributed by atoms with van der Waals surface area (Å²) >= 11 is 6.15. The van der Waals surface area contributed by atoms with Crippen molar-refractivity contribution in [3.8, 4) is 0 Å². The molecule has 2 amide bonds. The fourth-order valence-electron chi connectivity index (χ4n) is 3.20. The van der Waals surface area contributed by atoms with Gasteiger partial charge in [0.25, 0.3) is 11.8 Å². The Bertz CT molecular complexity index is 1170. The summed E-state index contributed by atoms with van der Waals surface area (Å²) in [5, 5.41) is 6.89. The molecule has 0 aliphatic heterocycles. The van der Waals surface area contributed by atoms with Gasteiger partial charge in [0.1, 0.15) is 5.70 Å². The van der Waals surface area contributed by atoms with E-state index in [1.54, 1.807) is 48.7 Å². The van der Waals surface area contributed by atoms with Crippen molar-refractivity contribution in [1.29, 1.82) is 0 Å². The van der Waals surface area contributed by atoms with E-state index in [2.05, 4.69) is 39.6 Å². The second-order valence-electron chi connectivity index (χ2n) is 7.21. The number of amides is 2. The van der Waals surface area contributed by atoms with E-state index in [0.29, 0.717) is 5.69 Å². The van der Waals surface area contributed by atoms with E-state index >= 15 is 0 Å². The second kappa shape index (κ2) is 12.3. The number of carbonyl (C=O) groups excluding carboxylic acids is 2. The molecule has 174 valence electrons. The lowest BCUT2D eigenvalue weighted by atomic mass is 10.1. The first kappa shape index (κ1) is 24.7. The fraction of sp³-hybridized carbons (Fsp3) is 0.154. The molecule has 1 heterocycles. The van der Waals surface area contributed by atoms with E-state index in [4.69, 9.17) is 11.6 Å². The number of anilines is 1. The van der Waals surface area contributed by atoms with Crippen molar-refractivity contribution in [1.82, 2.24) is 15.7 Å². The Morgan fingerprint density at radius 1 is 1.00 bits per heavy atom. The SMILES string of the molecule is CCN(CC)c1ccc(/C=C(/NC(=O)c2ccccc2Cl)C(=O)N/N=C/c2ccccn2)cc1. The quantitative estimate of drug-likeness (QED) is 0.271. The third-order valence-electron chi connectivity index (χ3n) is 4.99. The highest BCUT2D eigenvalue weighted by molar-refractivity contribution is 6.34.